The molecule has 1 aromatic rings. The highest BCUT2D eigenvalue weighted by Crippen LogP contribution is 2.36. The molecule has 16 heavy (non-hydrogen) atoms. The fourth-order valence-corrected chi connectivity index (χ4v) is 2.67. The largest absolute Gasteiger partial charge is 0.324 e. The van der Waals surface area contributed by atoms with Gasteiger partial charge in [0.25, 0.3) is 0 Å². The Bertz CT molecular complexity index is 356. The molecule has 0 aromatic heterocycles. The molecule has 2 rings (SSSR count). The van der Waals surface area contributed by atoms with Crippen molar-refractivity contribution in [2.75, 3.05) is 0 Å². The summed E-state index contributed by atoms with van der Waals surface area (Å²) >= 11 is 0. The Morgan fingerprint density at radius 1 is 1.25 bits per heavy atom. The van der Waals surface area contributed by atoms with Gasteiger partial charge in [0.05, 0.1) is 0 Å². The van der Waals surface area contributed by atoms with Crippen LogP contribution in [0.15, 0.2) is 18.2 Å². The quantitative estimate of drug-likeness (QED) is 0.815. The molecule has 1 aliphatic carbocycles. The van der Waals surface area contributed by atoms with Crippen molar-refractivity contribution in [3.63, 3.8) is 0 Å². The van der Waals surface area contributed by atoms with Gasteiger partial charge in [-0.25, -0.2) is 0 Å². The summed E-state index contributed by atoms with van der Waals surface area (Å²) in [6.45, 7) is 4.56. The van der Waals surface area contributed by atoms with Gasteiger partial charge in [-0.2, -0.15) is 0 Å². The molecule has 2 atom stereocenters. The molecule has 0 spiro atoms. The molecule has 0 radical (unpaired) electrons. The Balaban J connectivity index is 2.25. The molecule has 0 saturated carbocycles. The van der Waals surface area contributed by atoms with Gasteiger partial charge in [0.1, 0.15) is 0 Å². The second kappa shape index (κ2) is 5.01. The third-order valence-electron chi connectivity index (χ3n) is 3.81. The monoisotopic (exact) mass is 217 g/mol. The SMILES string of the molecule is CCCCc1ccc2c(c1)C(N)CCC2C. The van der Waals surface area contributed by atoms with Gasteiger partial charge >= 0.3 is 0 Å². The first-order chi connectivity index (χ1) is 7.72. The van der Waals surface area contributed by atoms with Crippen LogP contribution < -0.4 is 5.73 Å². The molecule has 1 aliphatic rings. The van der Waals surface area contributed by atoms with Crippen LogP contribution >= 0.6 is 0 Å². The van der Waals surface area contributed by atoms with Crippen molar-refractivity contribution < 1.29 is 0 Å². The van der Waals surface area contributed by atoms with Crippen molar-refractivity contribution in [1.82, 2.24) is 0 Å². The molecule has 0 heterocycles. The topological polar surface area (TPSA) is 26.0 Å². The van der Waals surface area contributed by atoms with Crippen LogP contribution in [0.1, 0.15) is 68.2 Å². The maximum absolute atomic E-state index is 6.21. The van der Waals surface area contributed by atoms with Crippen molar-refractivity contribution in [3.05, 3.63) is 34.9 Å². The highest BCUT2D eigenvalue weighted by molar-refractivity contribution is 5.38. The Labute approximate surface area is 99.0 Å². The molecule has 1 aromatic carbocycles. The normalized spacial score (nSPS) is 24.2. The molecule has 0 saturated heterocycles. The van der Waals surface area contributed by atoms with E-state index in [0.717, 1.165) is 6.42 Å². The predicted octanol–water partition coefficient (Wildman–Crippen LogP) is 3.93. The van der Waals surface area contributed by atoms with Crippen LogP contribution in [-0.2, 0) is 6.42 Å². The number of rotatable bonds is 3. The van der Waals surface area contributed by atoms with Gasteiger partial charge in [-0.1, -0.05) is 38.5 Å². The van der Waals surface area contributed by atoms with Crippen LogP contribution in [0.3, 0.4) is 0 Å². The van der Waals surface area contributed by atoms with E-state index in [1.165, 1.54) is 42.4 Å². The molecule has 88 valence electrons. The Hall–Kier alpha value is -0.820. The fourth-order valence-electron chi connectivity index (χ4n) is 2.67. The predicted molar refractivity (Wildman–Crippen MR) is 69.6 cm³/mol. The van der Waals surface area contributed by atoms with Crippen molar-refractivity contribution >= 4 is 0 Å². The number of benzene rings is 1. The maximum Gasteiger partial charge on any atom is 0.0297 e. The summed E-state index contributed by atoms with van der Waals surface area (Å²) in [4.78, 5) is 0. The Morgan fingerprint density at radius 2 is 2.06 bits per heavy atom. The molecule has 0 amide bonds. The van der Waals surface area contributed by atoms with Gasteiger partial charge in [0, 0.05) is 6.04 Å². The van der Waals surface area contributed by atoms with Gasteiger partial charge in [0.15, 0.2) is 0 Å². The van der Waals surface area contributed by atoms with Crippen molar-refractivity contribution in [2.24, 2.45) is 5.73 Å². The van der Waals surface area contributed by atoms with Gasteiger partial charge in [0.2, 0.25) is 0 Å². The molecule has 0 bridgehead atoms. The molecule has 1 heteroatoms. The first-order valence-corrected chi connectivity index (χ1v) is 6.60. The van der Waals surface area contributed by atoms with Crippen LogP contribution in [0.4, 0.5) is 0 Å². The third kappa shape index (κ3) is 2.30. The first-order valence-electron chi connectivity index (χ1n) is 6.60. The number of fused-ring (bicyclic) bond motifs is 1. The zero-order chi connectivity index (χ0) is 11.5. The van der Waals surface area contributed by atoms with E-state index in [1.54, 1.807) is 0 Å². The van der Waals surface area contributed by atoms with Gasteiger partial charge < -0.3 is 5.73 Å². The smallest absolute Gasteiger partial charge is 0.0297 e. The Morgan fingerprint density at radius 3 is 2.81 bits per heavy atom. The van der Waals surface area contributed by atoms with Crippen molar-refractivity contribution in [1.29, 1.82) is 0 Å². The lowest BCUT2D eigenvalue weighted by Crippen LogP contribution is -2.19. The second-order valence-electron chi connectivity index (χ2n) is 5.15. The van der Waals surface area contributed by atoms with Gasteiger partial charge in [-0.05, 0) is 48.3 Å². The van der Waals surface area contributed by atoms with Crippen LogP contribution in [-0.4, -0.2) is 0 Å². The number of hydrogen-bond acceptors (Lipinski definition) is 1. The summed E-state index contributed by atoms with van der Waals surface area (Å²) in [5.74, 6) is 0.690. The average Bonchev–Trinajstić information content (AvgIpc) is 2.31. The molecular weight excluding hydrogens is 194 g/mol. The van der Waals surface area contributed by atoms with E-state index in [4.69, 9.17) is 5.73 Å². The van der Waals surface area contributed by atoms with Crippen LogP contribution in [0.5, 0.6) is 0 Å². The number of aryl methyl sites for hydroxylation is 1. The van der Waals surface area contributed by atoms with Gasteiger partial charge in [-0.3, -0.25) is 0 Å². The minimum absolute atomic E-state index is 0.271. The lowest BCUT2D eigenvalue weighted by atomic mass is 9.80. The summed E-state index contributed by atoms with van der Waals surface area (Å²) in [5.41, 5.74) is 10.6. The first kappa shape index (κ1) is 11.7. The maximum atomic E-state index is 6.21. The number of hydrogen-bond donors (Lipinski definition) is 1. The molecule has 2 unspecified atom stereocenters. The molecule has 0 fully saturated rings. The summed E-state index contributed by atoms with van der Waals surface area (Å²) in [7, 11) is 0. The summed E-state index contributed by atoms with van der Waals surface area (Å²) in [6, 6.07) is 7.23. The lowest BCUT2D eigenvalue weighted by molar-refractivity contribution is 0.513. The van der Waals surface area contributed by atoms with Crippen molar-refractivity contribution in [2.45, 2.75) is 57.9 Å². The molecule has 0 aliphatic heterocycles. The number of unbranched alkanes of at least 4 members (excludes halogenated alkanes) is 1. The molecular formula is C15H23N. The highest BCUT2D eigenvalue weighted by atomic mass is 14.6. The van der Waals surface area contributed by atoms with Gasteiger partial charge in [-0.15, -0.1) is 0 Å². The third-order valence-corrected chi connectivity index (χ3v) is 3.81. The lowest BCUT2D eigenvalue weighted by Gasteiger charge is -2.27. The summed E-state index contributed by atoms with van der Waals surface area (Å²) in [6.07, 6.45) is 6.13. The van der Waals surface area contributed by atoms with E-state index in [0.29, 0.717) is 5.92 Å². The van der Waals surface area contributed by atoms with E-state index in [-0.39, 0.29) is 6.04 Å². The minimum atomic E-state index is 0.271. The van der Waals surface area contributed by atoms with Crippen molar-refractivity contribution in [3.8, 4) is 0 Å². The molecule has 1 nitrogen and oxygen atoms in total. The fraction of sp³-hybridized carbons (Fsp3) is 0.600. The minimum Gasteiger partial charge on any atom is -0.324 e. The van der Waals surface area contributed by atoms with E-state index in [9.17, 15) is 0 Å². The van der Waals surface area contributed by atoms with E-state index in [1.807, 2.05) is 0 Å². The van der Waals surface area contributed by atoms with Crippen LogP contribution in [0.25, 0.3) is 0 Å². The zero-order valence-corrected chi connectivity index (χ0v) is 10.5. The van der Waals surface area contributed by atoms with Crippen LogP contribution in [0.2, 0.25) is 0 Å². The van der Waals surface area contributed by atoms with E-state index >= 15 is 0 Å². The second-order valence-corrected chi connectivity index (χ2v) is 5.15. The summed E-state index contributed by atoms with van der Waals surface area (Å²) in [5, 5.41) is 0. The molecule has 2 N–H and O–H groups in total. The Kier molecular flexibility index (Phi) is 3.65. The van der Waals surface area contributed by atoms with E-state index < -0.39 is 0 Å². The standard InChI is InChI=1S/C15H23N/c1-3-4-5-12-7-8-13-11(2)6-9-15(16)14(13)10-12/h7-8,10-11,15H,3-6,9,16H2,1-2H3. The zero-order valence-electron chi connectivity index (χ0n) is 10.5. The average molecular weight is 217 g/mol. The highest BCUT2D eigenvalue weighted by Gasteiger charge is 2.21. The number of nitrogens with two attached hydrogens (primary N) is 1. The summed E-state index contributed by atoms with van der Waals surface area (Å²) < 4.78 is 0. The van der Waals surface area contributed by atoms with Crippen LogP contribution in [0, 0.1) is 0 Å². The van der Waals surface area contributed by atoms with E-state index in [2.05, 4.69) is 32.0 Å².